The van der Waals surface area contributed by atoms with E-state index in [4.69, 9.17) is 4.74 Å². The second-order valence-electron chi connectivity index (χ2n) is 6.92. The smallest absolute Gasteiger partial charge is 0.255 e. The number of rotatable bonds is 6. The van der Waals surface area contributed by atoms with Gasteiger partial charge in [-0.25, -0.2) is 9.97 Å². The van der Waals surface area contributed by atoms with Crippen LogP contribution in [0.2, 0.25) is 0 Å². The van der Waals surface area contributed by atoms with E-state index < -0.39 is 0 Å². The lowest BCUT2D eigenvalue weighted by Gasteiger charge is -2.08. The van der Waals surface area contributed by atoms with E-state index in [9.17, 15) is 4.79 Å². The Bertz CT molecular complexity index is 1320. The predicted molar refractivity (Wildman–Crippen MR) is 124 cm³/mol. The number of hydrogen-bond donors (Lipinski definition) is 1. The molecule has 5 rings (SSSR count). The Kier molecular flexibility index (Phi) is 5.23. The van der Waals surface area contributed by atoms with Crippen LogP contribution in [-0.4, -0.2) is 20.3 Å². The Morgan fingerprint density at radius 1 is 1.13 bits per heavy atom. The SMILES string of the molecule is Cc1nc(COc2cccc(C(=O)Nc3ccc(-c4cn5ccsc5n4)cc3)c2)cs1. The van der Waals surface area contributed by atoms with E-state index in [1.807, 2.05) is 70.9 Å². The topological polar surface area (TPSA) is 68.5 Å². The predicted octanol–water partition coefficient (Wildman–Crippen LogP) is 5.66. The Morgan fingerprint density at radius 2 is 2.00 bits per heavy atom. The molecule has 0 aliphatic rings. The lowest BCUT2D eigenvalue weighted by molar-refractivity contribution is 0.102. The molecule has 2 aromatic carbocycles. The molecule has 1 N–H and O–H groups in total. The summed E-state index contributed by atoms with van der Waals surface area (Å²) in [6.45, 7) is 2.34. The molecule has 0 spiro atoms. The fourth-order valence-corrected chi connectivity index (χ4v) is 4.45. The molecule has 0 saturated carbocycles. The lowest BCUT2D eigenvalue weighted by Crippen LogP contribution is -2.12. The number of thiazole rings is 2. The Hall–Kier alpha value is -3.49. The fourth-order valence-electron chi connectivity index (χ4n) is 3.15. The molecular formula is C23H18N4O2S2. The lowest BCUT2D eigenvalue weighted by atomic mass is 10.1. The zero-order valence-electron chi connectivity index (χ0n) is 16.6. The summed E-state index contributed by atoms with van der Waals surface area (Å²) in [5, 5.41) is 7.92. The van der Waals surface area contributed by atoms with Crippen LogP contribution in [0.4, 0.5) is 5.69 Å². The summed E-state index contributed by atoms with van der Waals surface area (Å²) < 4.78 is 7.79. The minimum Gasteiger partial charge on any atom is -0.487 e. The quantitative estimate of drug-likeness (QED) is 0.365. The van der Waals surface area contributed by atoms with Crippen molar-refractivity contribution in [3.8, 4) is 17.0 Å². The number of nitrogens with one attached hydrogen (secondary N) is 1. The van der Waals surface area contributed by atoms with E-state index in [1.54, 1.807) is 34.8 Å². The molecule has 8 heteroatoms. The van der Waals surface area contributed by atoms with Gasteiger partial charge in [-0.05, 0) is 37.3 Å². The molecule has 0 saturated heterocycles. The standard InChI is InChI=1S/C23H18N4O2S2/c1-15-24-19(14-31-15)13-29-20-4-2-3-17(11-20)22(28)25-18-7-5-16(6-8-18)21-12-27-9-10-30-23(27)26-21/h2-12,14H,13H2,1H3,(H,25,28). The number of fused-ring (bicyclic) bond motifs is 1. The molecule has 1 amide bonds. The summed E-state index contributed by atoms with van der Waals surface area (Å²) in [5.74, 6) is 0.443. The Labute approximate surface area is 186 Å². The van der Waals surface area contributed by atoms with Crippen LogP contribution in [0, 0.1) is 6.92 Å². The number of imidazole rings is 1. The van der Waals surface area contributed by atoms with Crippen molar-refractivity contribution in [1.29, 1.82) is 0 Å². The number of ether oxygens (including phenoxy) is 1. The number of anilines is 1. The molecule has 3 aromatic heterocycles. The minimum absolute atomic E-state index is 0.190. The molecule has 0 atom stereocenters. The second-order valence-corrected chi connectivity index (χ2v) is 8.86. The van der Waals surface area contributed by atoms with Crippen LogP contribution < -0.4 is 10.1 Å². The van der Waals surface area contributed by atoms with Crippen molar-refractivity contribution >= 4 is 39.2 Å². The molecule has 0 aliphatic carbocycles. The van der Waals surface area contributed by atoms with E-state index in [0.29, 0.717) is 17.9 Å². The highest BCUT2D eigenvalue weighted by Gasteiger charge is 2.10. The van der Waals surface area contributed by atoms with Gasteiger partial charge in [0, 0.05) is 40.0 Å². The van der Waals surface area contributed by atoms with Gasteiger partial charge in [0.15, 0.2) is 4.96 Å². The van der Waals surface area contributed by atoms with Crippen LogP contribution in [0.25, 0.3) is 16.2 Å². The molecule has 0 unspecified atom stereocenters. The van der Waals surface area contributed by atoms with Gasteiger partial charge in [-0.2, -0.15) is 0 Å². The molecule has 3 heterocycles. The molecule has 0 radical (unpaired) electrons. The van der Waals surface area contributed by atoms with Crippen LogP contribution >= 0.6 is 22.7 Å². The maximum Gasteiger partial charge on any atom is 0.255 e. The Balaban J connectivity index is 1.24. The Morgan fingerprint density at radius 3 is 2.77 bits per heavy atom. The van der Waals surface area contributed by atoms with Gasteiger partial charge in [0.05, 0.1) is 16.4 Å². The van der Waals surface area contributed by atoms with Gasteiger partial charge in [0.25, 0.3) is 5.91 Å². The number of nitrogens with zero attached hydrogens (tertiary/aromatic N) is 3. The third kappa shape index (κ3) is 4.35. The second kappa shape index (κ2) is 8.33. The third-order valence-corrected chi connectivity index (χ3v) is 6.27. The van der Waals surface area contributed by atoms with Crippen molar-refractivity contribution in [2.24, 2.45) is 0 Å². The summed E-state index contributed by atoms with van der Waals surface area (Å²) in [5.41, 5.74) is 4.05. The first-order chi connectivity index (χ1) is 15.1. The third-order valence-electron chi connectivity index (χ3n) is 4.68. The first-order valence-electron chi connectivity index (χ1n) is 9.62. The number of amides is 1. The fraction of sp³-hybridized carbons (Fsp3) is 0.0870. The van der Waals surface area contributed by atoms with Crippen LogP contribution in [0.5, 0.6) is 5.75 Å². The number of aryl methyl sites for hydroxylation is 1. The van der Waals surface area contributed by atoms with Crippen molar-refractivity contribution in [3.63, 3.8) is 0 Å². The highest BCUT2D eigenvalue weighted by atomic mass is 32.1. The number of hydrogen-bond acceptors (Lipinski definition) is 6. The molecule has 154 valence electrons. The largest absolute Gasteiger partial charge is 0.487 e. The number of carbonyl (C=O) groups is 1. The summed E-state index contributed by atoms with van der Waals surface area (Å²) in [6.07, 6.45) is 3.98. The molecule has 6 nitrogen and oxygen atoms in total. The summed E-state index contributed by atoms with van der Waals surface area (Å²) >= 11 is 3.19. The zero-order chi connectivity index (χ0) is 21.2. The highest BCUT2D eigenvalue weighted by molar-refractivity contribution is 7.15. The average molecular weight is 447 g/mol. The number of carbonyl (C=O) groups excluding carboxylic acids is 1. The summed E-state index contributed by atoms with van der Waals surface area (Å²) in [4.78, 5) is 22.6. The zero-order valence-corrected chi connectivity index (χ0v) is 18.2. The number of aromatic nitrogens is 3. The van der Waals surface area contributed by atoms with Crippen molar-refractivity contribution in [2.45, 2.75) is 13.5 Å². The van der Waals surface area contributed by atoms with Gasteiger partial charge in [-0.1, -0.05) is 18.2 Å². The van der Waals surface area contributed by atoms with E-state index in [1.165, 1.54) is 0 Å². The monoisotopic (exact) mass is 446 g/mol. The minimum atomic E-state index is -0.190. The molecule has 5 aromatic rings. The molecule has 31 heavy (non-hydrogen) atoms. The van der Waals surface area contributed by atoms with Crippen LogP contribution in [-0.2, 0) is 6.61 Å². The van der Waals surface area contributed by atoms with Crippen molar-refractivity contribution in [1.82, 2.24) is 14.4 Å². The first-order valence-corrected chi connectivity index (χ1v) is 11.4. The van der Waals surface area contributed by atoms with E-state index in [0.717, 1.165) is 32.6 Å². The van der Waals surface area contributed by atoms with Gasteiger partial charge in [-0.3, -0.25) is 9.20 Å². The van der Waals surface area contributed by atoms with Gasteiger partial charge >= 0.3 is 0 Å². The molecule has 0 fully saturated rings. The van der Waals surface area contributed by atoms with Crippen LogP contribution in [0.15, 0.2) is 71.7 Å². The summed E-state index contributed by atoms with van der Waals surface area (Å²) in [7, 11) is 0. The highest BCUT2D eigenvalue weighted by Crippen LogP contribution is 2.24. The first kappa shape index (κ1) is 19.5. The maximum absolute atomic E-state index is 12.7. The van der Waals surface area contributed by atoms with Gasteiger partial charge < -0.3 is 10.1 Å². The molecular weight excluding hydrogens is 428 g/mol. The van der Waals surface area contributed by atoms with Crippen LogP contribution in [0.1, 0.15) is 21.1 Å². The molecule has 0 aliphatic heterocycles. The van der Waals surface area contributed by atoms with Gasteiger partial charge in [0.2, 0.25) is 0 Å². The van der Waals surface area contributed by atoms with E-state index in [2.05, 4.69) is 15.3 Å². The van der Waals surface area contributed by atoms with Crippen molar-refractivity contribution in [2.75, 3.05) is 5.32 Å². The average Bonchev–Trinajstić information content (AvgIpc) is 3.49. The van der Waals surface area contributed by atoms with Gasteiger partial charge in [0.1, 0.15) is 12.4 Å². The normalized spacial score (nSPS) is 11.0. The maximum atomic E-state index is 12.7. The van der Waals surface area contributed by atoms with E-state index in [-0.39, 0.29) is 5.91 Å². The van der Waals surface area contributed by atoms with Crippen molar-refractivity contribution < 1.29 is 9.53 Å². The van der Waals surface area contributed by atoms with E-state index >= 15 is 0 Å². The van der Waals surface area contributed by atoms with Gasteiger partial charge in [-0.15, -0.1) is 22.7 Å². The summed E-state index contributed by atoms with van der Waals surface area (Å²) in [6, 6.07) is 14.8. The van der Waals surface area contributed by atoms with Crippen molar-refractivity contribution in [3.05, 3.63) is 87.9 Å². The van der Waals surface area contributed by atoms with Crippen LogP contribution in [0.3, 0.4) is 0 Å². The number of benzene rings is 2. The molecule has 0 bridgehead atoms.